The van der Waals surface area contributed by atoms with Crippen LogP contribution >= 0.6 is 0 Å². The first-order chi connectivity index (χ1) is 14.0. The molecule has 0 aliphatic heterocycles. The number of guanidine groups is 1. The fourth-order valence-electron chi connectivity index (χ4n) is 2.86. The number of hydrogen-bond donors (Lipinski definition) is 5. The van der Waals surface area contributed by atoms with E-state index in [1.54, 1.807) is 0 Å². The van der Waals surface area contributed by atoms with Gasteiger partial charge in [-0.1, -0.05) is 34.1 Å². The monoisotopic (exact) mass is 426 g/mol. The van der Waals surface area contributed by atoms with Crippen molar-refractivity contribution in [3.8, 4) is 0 Å². The van der Waals surface area contributed by atoms with Gasteiger partial charge in [0.05, 0.1) is 6.04 Å². The molecule has 0 unspecified atom stereocenters. The Labute approximate surface area is 179 Å². The highest BCUT2D eigenvalue weighted by Crippen LogP contribution is 2.11. The number of carbonyl (C=O) groups excluding carboxylic acids is 4. The Hall–Kier alpha value is -2.65. The van der Waals surface area contributed by atoms with Gasteiger partial charge in [0.1, 0.15) is 18.4 Å². The van der Waals surface area contributed by atoms with Gasteiger partial charge >= 0.3 is 0 Å². The molecular weight excluding hydrogens is 388 g/mol. The van der Waals surface area contributed by atoms with Crippen LogP contribution in [0.15, 0.2) is 4.99 Å². The van der Waals surface area contributed by atoms with Crippen molar-refractivity contribution in [2.45, 2.75) is 78.4 Å². The number of aliphatic imine (C=N–C) groups is 1. The van der Waals surface area contributed by atoms with Gasteiger partial charge in [-0.3, -0.25) is 19.4 Å². The fraction of sp³-hybridized carbons (Fsp3) is 0.750. The Morgan fingerprint density at radius 2 is 1.67 bits per heavy atom. The molecule has 0 aromatic heterocycles. The van der Waals surface area contributed by atoms with Gasteiger partial charge in [-0.05, 0) is 31.1 Å². The summed E-state index contributed by atoms with van der Waals surface area (Å²) in [6, 6.07) is -2.27. The molecular formula is C20H38N6O4. The zero-order chi connectivity index (χ0) is 23.3. The molecule has 0 fully saturated rings. The van der Waals surface area contributed by atoms with Gasteiger partial charge in [0.2, 0.25) is 17.7 Å². The number of carbonyl (C=O) groups is 4. The van der Waals surface area contributed by atoms with Gasteiger partial charge in [-0.2, -0.15) is 0 Å². The molecule has 30 heavy (non-hydrogen) atoms. The van der Waals surface area contributed by atoms with Crippen molar-refractivity contribution in [1.29, 1.82) is 0 Å². The van der Waals surface area contributed by atoms with Gasteiger partial charge in [0, 0.05) is 13.5 Å². The smallest absolute Gasteiger partial charge is 0.243 e. The zero-order valence-corrected chi connectivity index (χ0v) is 18.7. The first kappa shape index (κ1) is 27.4. The number of nitrogens with two attached hydrogens (primary N) is 2. The number of nitrogens with one attached hydrogen (secondary N) is 3. The first-order valence-electron chi connectivity index (χ1n) is 10.4. The maximum Gasteiger partial charge on any atom is 0.243 e. The van der Waals surface area contributed by atoms with E-state index in [0.717, 1.165) is 0 Å². The Morgan fingerprint density at radius 3 is 2.13 bits per heavy atom. The highest BCUT2D eigenvalue weighted by molar-refractivity contribution is 5.92. The lowest BCUT2D eigenvalue weighted by Crippen LogP contribution is -2.56. The third kappa shape index (κ3) is 11.4. The van der Waals surface area contributed by atoms with Crippen molar-refractivity contribution in [2.24, 2.45) is 28.3 Å². The van der Waals surface area contributed by atoms with Gasteiger partial charge in [0.15, 0.2) is 5.96 Å². The van der Waals surface area contributed by atoms with E-state index in [0.29, 0.717) is 38.5 Å². The minimum Gasteiger partial charge on any atom is -0.370 e. The molecule has 0 radical (unpaired) electrons. The highest BCUT2D eigenvalue weighted by Gasteiger charge is 2.30. The summed E-state index contributed by atoms with van der Waals surface area (Å²) in [4.78, 5) is 52.3. The standard InChI is InChI=1S/C20H38N6O4/c1-6-13(4)17(24-14(5)28)19(30)26-16(10-12(2)3)18(29)25-15(11-27)8-7-9-23-20(21)22/h11-13,15-17H,6-10H2,1-5H3,(H,24,28)(H,25,29)(H,26,30)(H4,21,22,23)/t13-,15-,16-,17-/m0/s1. The number of amides is 3. The fourth-order valence-corrected chi connectivity index (χ4v) is 2.86. The van der Waals surface area contributed by atoms with Crippen molar-refractivity contribution in [3.63, 3.8) is 0 Å². The summed E-state index contributed by atoms with van der Waals surface area (Å²) in [5.41, 5.74) is 10.5. The molecule has 0 bridgehead atoms. The molecule has 0 rings (SSSR count). The lowest BCUT2D eigenvalue weighted by atomic mass is 9.96. The third-order valence-electron chi connectivity index (χ3n) is 4.65. The van der Waals surface area contributed by atoms with Crippen LogP contribution in [0.2, 0.25) is 0 Å². The van der Waals surface area contributed by atoms with Crippen LogP contribution < -0.4 is 27.4 Å². The second-order valence-corrected chi connectivity index (χ2v) is 7.95. The van der Waals surface area contributed by atoms with Crippen LogP contribution in [0.4, 0.5) is 0 Å². The van der Waals surface area contributed by atoms with Crippen LogP contribution in [-0.2, 0) is 19.2 Å². The number of rotatable bonds is 14. The van der Waals surface area contributed by atoms with E-state index in [1.165, 1.54) is 6.92 Å². The van der Waals surface area contributed by atoms with E-state index >= 15 is 0 Å². The normalized spacial score (nSPS) is 14.7. The average molecular weight is 427 g/mol. The molecule has 0 aliphatic rings. The molecule has 172 valence electrons. The maximum absolute atomic E-state index is 12.8. The molecule has 3 amide bonds. The molecule has 0 saturated carbocycles. The van der Waals surface area contributed by atoms with Crippen molar-refractivity contribution in [1.82, 2.24) is 16.0 Å². The summed E-state index contributed by atoms with van der Waals surface area (Å²) in [5, 5.41) is 8.06. The number of hydrogen-bond acceptors (Lipinski definition) is 5. The summed E-state index contributed by atoms with van der Waals surface area (Å²) in [7, 11) is 0. The SMILES string of the molecule is CC[C@H](C)[C@H](NC(C)=O)C(=O)N[C@@H](CC(C)C)C(=O)N[C@H](C=O)CCCN=C(N)N. The molecule has 10 heteroatoms. The number of nitrogens with zero attached hydrogens (tertiary/aromatic N) is 1. The van der Waals surface area contributed by atoms with E-state index < -0.39 is 29.9 Å². The molecule has 0 aromatic rings. The predicted molar refractivity (Wildman–Crippen MR) is 116 cm³/mol. The van der Waals surface area contributed by atoms with Crippen LogP contribution in [0.25, 0.3) is 0 Å². The topological polar surface area (TPSA) is 169 Å². The molecule has 4 atom stereocenters. The average Bonchev–Trinajstić information content (AvgIpc) is 2.66. The molecule has 0 aromatic carbocycles. The molecule has 10 nitrogen and oxygen atoms in total. The van der Waals surface area contributed by atoms with Crippen LogP contribution in [0.3, 0.4) is 0 Å². The molecule has 0 spiro atoms. The number of aldehydes is 1. The van der Waals surface area contributed by atoms with Crippen molar-refractivity contribution >= 4 is 30.0 Å². The van der Waals surface area contributed by atoms with E-state index in [-0.39, 0.29) is 23.7 Å². The van der Waals surface area contributed by atoms with Crippen molar-refractivity contribution < 1.29 is 19.2 Å². The quantitative estimate of drug-likeness (QED) is 0.112. The second-order valence-electron chi connectivity index (χ2n) is 7.95. The van der Waals surface area contributed by atoms with Gasteiger partial charge in [-0.25, -0.2) is 0 Å². The summed E-state index contributed by atoms with van der Waals surface area (Å²) >= 11 is 0. The minimum absolute atomic E-state index is 0.0311. The highest BCUT2D eigenvalue weighted by atomic mass is 16.2. The molecule has 0 saturated heterocycles. The summed E-state index contributed by atoms with van der Waals surface area (Å²) in [6.07, 6.45) is 2.62. The maximum atomic E-state index is 12.8. The molecule has 0 aliphatic carbocycles. The van der Waals surface area contributed by atoms with Crippen LogP contribution in [-0.4, -0.2) is 54.6 Å². The summed E-state index contributed by atoms with van der Waals surface area (Å²) in [5.74, 6) is -1.19. The summed E-state index contributed by atoms with van der Waals surface area (Å²) < 4.78 is 0. The zero-order valence-electron chi connectivity index (χ0n) is 18.7. The third-order valence-corrected chi connectivity index (χ3v) is 4.65. The van der Waals surface area contributed by atoms with Gasteiger partial charge < -0.3 is 32.2 Å². The lowest BCUT2D eigenvalue weighted by molar-refractivity contribution is -0.133. The van der Waals surface area contributed by atoms with Gasteiger partial charge in [-0.15, -0.1) is 0 Å². The van der Waals surface area contributed by atoms with E-state index in [1.807, 2.05) is 27.7 Å². The first-order valence-corrected chi connectivity index (χ1v) is 10.4. The van der Waals surface area contributed by atoms with Crippen LogP contribution in [0.5, 0.6) is 0 Å². The minimum atomic E-state index is -0.821. The Kier molecular flexibility index (Phi) is 13.1. The van der Waals surface area contributed by atoms with Crippen LogP contribution in [0.1, 0.15) is 60.3 Å². The van der Waals surface area contributed by atoms with E-state index in [4.69, 9.17) is 11.5 Å². The Bertz CT molecular complexity index is 604. The van der Waals surface area contributed by atoms with Gasteiger partial charge in [0.25, 0.3) is 0 Å². The van der Waals surface area contributed by atoms with Crippen molar-refractivity contribution in [3.05, 3.63) is 0 Å². The largest absolute Gasteiger partial charge is 0.370 e. The predicted octanol–water partition coefficient (Wildman–Crippen LogP) is -0.195. The summed E-state index contributed by atoms with van der Waals surface area (Å²) in [6.45, 7) is 9.33. The van der Waals surface area contributed by atoms with Crippen LogP contribution in [0, 0.1) is 11.8 Å². The van der Waals surface area contributed by atoms with E-state index in [2.05, 4.69) is 20.9 Å². The Morgan fingerprint density at radius 1 is 1.03 bits per heavy atom. The Balaban J connectivity index is 5.15. The molecule has 0 heterocycles. The lowest BCUT2D eigenvalue weighted by Gasteiger charge is -2.27. The second kappa shape index (κ2) is 14.4. The molecule has 7 N–H and O–H groups in total. The van der Waals surface area contributed by atoms with Crippen molar-refractivity contribution in [2.75, 3.05) is 6.54 Å². The van der Waals surface area contributed by atoms with E-state index in [9.17, 15) is 19.2 Å².